The van der Waals surface area contributed by atoms with Crippen LogP contribution in [0.25, 0.3) is 11.0 Å². The van der Waals surface area contributed by atoms with Gasteiger partial charge in [0, 0.05) is 11.7 Å². The van der Waals surface area contributed by atoms with Gasteiger partial charge in [-0.2, -0.15) is 0 Å². The Hall–Kier alpha value is -2.80. The molecule has 128 valence electrons. The Kier molecular flexibility index (Phi) is 4.39. The average molecular weight is 335 g/mol. The molecule has 0 bridgehead atoms. The van der Waals surface area contributed by atoms with Gasteiger partial charge >= 0.3 is 0 Å². The van der Waals surface area contributed by atoms with E-state index in [0.29, 0.717) is 17.8 Å². The van der Waals surface area contributed by atoms with Gasteiger partial charge in [0.2, 0.25) is 5.95 Å². The number of benzene rings is 1. The Morgan fingerprint density at radius 1 is 1.12 bits per heavy atom. The molecule has 0 spiro atoms. The maximum atomic E-state index is 4.66. The van der Waals surface area contributed by atoms with Crippen LogP contribution in [0.4, 0.5) is 17.5 Å². The van der Waals surface area contributed by atoms with E-state index in [-0.39, 0.29) is 0 Å². The molecule has 2 aromatic heterocycles. The lowest BCUT2D eigenvalue weighted by Crippen LogP contribution is -2.35. The number of hydrogen-bond donors (Lipinski definition) is 3. The minimum Gasteiger partial charge on any atom is -0.351 e. The normalized spacial score (nSPS) is 15.2. The van der Waals surface area contributed by atoms with Gasteiger partial charge in [-0.1, -0.05) is 12.1 Å². The molecule has 0 aliphatic carbocycles. The van der Waals surface area contributed by atoms with Gasteiger partial charge in [-0.15, -0.1) is 0 Å². The summed E-state index contributed by atoms with van der Waals surface area (Å²) in [5.74, 6) is 1.31. The highest BCUT2D eigenvalue weighted by Crippen LogP contribution is 2.22. The van der Waals surface area contributed by atoms with Crippen molar-refractivity contribution in [1.29, 1.82) is 0 Å². The number of anilines is 3. The molecule has 3 aromatic rings. The molecule has 0 saturated carbocycles. The van der Waals surface area contributed by atoms with Crippen LogP contribution in [0, 0.1) is 6.92 Å². The Bertz CT molecular complexity index is 874. The van der Waals surface area contributed by atoms with Crippen LogP contribution in [-0.4, -0.2) is 39.1 Å². The number of fused-ring (bicyclic) bond motifs is 1. The summed E-state index contributed by atoms with van der Waals surface area (Å²) >= 11 is 0. The molecule has 0 atom stereocenters. The highest BCUT2D eigenvalue weighted by Gasteiger charge is 2.15. The van der Waals surface area contributed by atoms with E-state index < -0.39 is 0 Å². The highest BCUT2D eigenvalue weighted by molar-refractivity contribution is 5.87. The van der Waals surface area contributed by atoms with Crippen LogP contribution in [0.5, 0.6) is 0 Å². The van der Waals surface area contributed by atoms with Crippen molar-refractivity contribution < 1.29 is 0 Å². The SMILES string of the molecule is Cc1cccc(Nc2ncnc3cnc(NC4CCNCC4)nc23)c1. The number of nitrogens with zero attached hydrogens (tertiary/aromatic N) is 4. The second-order valence-corrected chi connectivity index (χ2v) is 6.31. The predicted molar refractivity (Wildman–Crippen MR) is 99.1 cm³/mol. The van der Waals surface area contributed by atoms with Gasteiger partial charge in [-0.25, -0.2) is 19.9 Å². The maximum absolute atomic E-state index is 4.66. The van der Waals surface area contributed by atoms with Crippen molar-refractivity contribution in [1.82, 2.24) is 25.3 Å². The van der Waals surface area contributed by atoms with E-state index in [4.69, 9.17) is 0 Å². The first-order chi connectivity index (χ1) is 12.3. The van der Waals surface area contributed by atoms with Gasteiger partial charge in [0.15, 0.2) is 5.82 Å². The van der Waals surface area contributed by atoms with Gasteiger partial charge in [-0.05, 0) is 50.6 Å². The van der Waals surface area contributed by atoms with Crippen molar-refractivity contribution in [3.63, 3.8) is 0 Å². The number of hydrogen-bond acceptors (Lipinski definition) is 7. The summed E-state index contributed by atoms with van der Waals surface area (Å²) in [5, 5.41) is 10.1. The van der Waals surface area contributed by atoms with Gasteiger partial charge in [-0.3, -0.25) is 0 Å². The standard InChI is InChI=1S/C18H21N7/c1-12-3-2-4-14(9-12)23-17-16-15(21-11-22-17)10-20-18(25-16)24-13-5-7-19-8-6-13/h2-4,9-11,13,19H,5-8H2,1H3,(H,20,24,25)(H,21,22,23). The second kappa shape index (κ2) is 6.98. The smallest absolute Gasteiger partial charge is 0.223 e. The summed E-state index contributed by atoms with van der Waals surface area (Å²) in [6.07, 6.45) is 5.42. The van der Waals surface area contributed by atoms with Crippen LogP contribution in [-0.2, 0) is 0 Å². The van der Waals surface area contributed by atoms with Crippen LogP contribution in [0.1, 0.15) is 18.4 Å². The third-order valence-corrected chi connectivity index (χ3v) is 4.33. The van der Waals surface area contributed by atoms with E-state index in [0.717, 1.165) is 42.7 Å². The lowest BCUT2D eigenvalue weighted by molar-refractivity contribution is 0.477. The molecular weight excluding hydrogens is 314 g/mol. The zero-order valence-electron chi connectivity index (χ0n) is 14.2. The van der Waals surface area contributed by atoms with Crippen LogP contribution in [0.15, 0.2) is 36.8 Å². The molecule has 3 N–H and O–H groups in total. The van der Waals surface area contributed by atoms with Crippen LogP contribution in [0.2, 0.25) is 0 Å². The summed E-state index contributed by atoms with van der Waals surface area (Å²) in [6.45, 7) is 4.11. The van der Waals surface area contributed by atoms with Gasteiger partial charge < -0.3 is 16.0 Å². The van der Waals surface area contributed by atoms with Crippen LogP contribution >= 0.6 is 0 Å². The molecule has 0 unspecified atom stereocenters. The van der Waals surface area contributed by atoms with E-state index >= 15 is 0 Å². The number of aryl methyl sites for hydroxylation is 1. The lowest BCUT2D eigenvalue weighted by Gasteiger charge is -2.23. The fraction of sp³-hybridized carbons (Fsp3) is 0.333. The van der Waals surface area contributed by atoms with Crippen LogP contribution in [0.3, 0.4) is 0 Å². The number of aromatic nitrogens is 4. The van der Waals surface area contributed by atoms with Crippen molar-refractivity contribution in [3.05, 3.63) is 42.4 Å². The molecule has 1 saturated heterocycles. The van der Waals surface area contributed by atoms with E-state index in [1.54, 1.807) is 6.20 Å². The van der Waals surface area contributed by atoms with Gasteiger partial charge in [0.1, 0.15) is 17.4 Å². The van der Waals surface area contributed by atoms with Crippen LogP contribution < -0.4 is 16.0 Å². The number of nitrogens with one attached hydrogen (secondary N) is 3. The Morgan fingerprint density at radius 2 is 2.00 bits per heavy atom. The fourth-order valence-corrected chi connectivity index (χ4v) is 3.02. The first-order valence-electron chi connectivity index (χ1n) is 8.56. The summed E-state index contributed by atoms with van der Waals surface area (Å²) in [7, 11) is 0. The molecular formula is C18H21N7. The second-order valence-electron chi connectivity index (χ2n) is 6.31. The zero-order valence-corrected chi connectivity index (χ0v) is 14.2. The van der Waals surface area contributed by atoms with E-state index in [1.165, 1.54) is 11.9 Å². The molecule has 3 heterocycles. The first kappa shape index (κ1) is 15.7. The third kappa shape index (κ3) is 3.66. The van der Waals surface area contributed by atoms with Crippen molar-refractivity contribution in [2.75, 3.05) is 23.7 Å². The molecule has 7 nitrogen and oxygen atoms in total. The molecule has 0 amide bonds. The lowest BCUT2D eigenvalue weighted by atomic mass is 10.1. The Labute approximate surface area is 146 Å². The molecule has 1 aliphatic heterocycles. The monoisotopic (exact) mass is 335 g/mol. The summed E-state index contributed by atoms with van der Waals surface area (Å²) in [6, 6.07) is 8.56. The Morgan fingerprint density at radius 3 is 2.84 bits per heavy atom. The molecule has 1 aromatic carbocycles. The minimum absolute atomic E-state index is 0.400. The summed E-state index contributed by atoms with van der Waals surface area (Å²) in [5.41, 5.74) is 3.61. The zero-order chi connectivity index (χ0) is 17.1. The molecule has 25 heavy (non-hydrogen) atoms. The molecule has 4 rings (SSSR count). The molecule has 1 fully saturated rings. The van der Waals surface area contributed by atoms with Crippen molar-refractivity contribution in [2.24, 2.45) is 0 Å². The average Bonchev–Trinajstić information content (AvgIpc) is 2.63. The van der Waals surface area contributed by atoms with Crippen molar-refractivity contribution in [3.8, 4) is 0 Å². The van der Waals surface area contributed by atoms with E-state index in [1.807, 2.05) is 12.1 Å². The molecule has 0 radical (unpaired) electrons. The number of rotatable bonds is 4. The molecule has 7 heteroatoms. The largest absolute Gasteiger partial charge is 0.351 e. The quantitative estimate of drug-likeness (QED) is 0.675. The third-order valence-electron chi connectivity index (χ3n) is 4.33. The summed E-state index contributed by atoms with van der Waals surface area (Å²) in [4.78, 5) is 17.7. The van der Waals surface area contributed by atoms with Gasteiger partial charge in [0.25, 0.3) is 0 Å². The Balaban J connectivity index is 1.63. The highest BCUT2D eigenvalue weighted by atomic mass is 15.1. The minimum atomic E-state index is 0.400. The first-order valence-corrected chi connectivity index (χ1v) is 8.56. The summed E-state index contributed by atoms with van der Waals surface area (Å²) < 4.78 is 0. The van der Waals surface area contributed by atoms with E-state index in [9.17, 15) is 0 Å². The van der Waals surface area contributed by atoms with Crippen molar-refractivity contribution in [2.45, 2.75) is 25.8 Å². The topological polar surface area (TPSA) is 87.7 Å². The van der Waals surface area contributed by atoms with Gasteiger partial charge in [0.05, 0.1) is 6.20 Å². The molecule has 1 aliphatic rings. The van der Waals surface area contributed by atoms with E-state index in [2.05, 4.69) is 54.9 Å². The maximum Gasteiger partial charge on any atom is 0.223 e. The number of piperidine rings is 1. The van der Waals surface area contributed by atoms with Crippen molar-refractivity contribution >= 4 is 28.5 Å². The fourth-order valence-electron chi connectivity index (χ4n) is 3.02. The predicted octanol–water partition coefficient (Wildman–Crippen LogP) is 2.64.